The number of hydrogen-bond donors (Lipinski definition) is 2. The lowest BCUT2D eigenvalue weighted by molar-refractivity contribution is 0.0679. The Kier molecular flexibility index (Phi) is 4.93. The Morgan fingerprint density at radius 3 is 2.58 bits per heavy atom. The first-order valence-corrected chi connectivity index (χ1v) is 8.49. The maximum atomic E-state index is 12.5. The zero-order chi connectivity index (χ0) is 18.7. The Morgan fingerprint density at radius 2 is 1.85 bits per heavy atom. The van der Waals surface area contributed by atoms with Crippen LogP contribution in [-0.4, -0.2) is 25.9 Å². The number of hydrogen-bond acceptors (Lipinski definition) is 4. The van der Waals surface area contributed by atoms with E-state index in [0.29, 0.717) is 17.9 Å². The molecule has 0 unspecified atom stereocenters. The number of fused-ring (bicyclic) bond motifs is 1. The molecule has 0 fully saturated rings. The average molecular weight is 356 g/mol. The highest BCUT2D eigenvalue weighted by molar-refractivity contribution is 5.89. The van der Waals surface area contributed by atoms with Crippen LogP contribution in [0.1, 0.15) is 31.9 Å². The van der Waals surface area contributed by atoms with Gasteiger partial charge in [-0.15, -0.1) is 0 Å². The molecule has 0 aliphatic carbocycles. The Morgan fingerprint density at radius 1 is 1.12 bits per heavy atom. The van der Waals surface area contributed by atoms with Crippen molar-refractivity contribution in [1.29, 1.82) is 0 Å². The van der Waals surface area contributed by atoms with E-state index in [4.69, 9.17) is 14.2 Å². The first kappa shape index (κ1) is 17.9. The Labute approximate surface area is 153 Å². The fraction of sp³-hybridized carbons (Fsp3) is 0.350. The van der Waals surface area contributed by atoms with E-state index in [1.165, 1.54) is 0 Å². The summed E-state index contributed by atoms with van der Waals surface area (Å²) in [6, 6.07) is 12.5. The van der Waals surface area contributed by atoms with Crippen LogP contribution in [0.2, 0.25) is 0 Å². The van der Waals surface area contributed by atoms with Gasteiger partial charge in [-0.2, -0.15) is 0 Å². The van der Waals surface area contributed by atoms with Crippen molar-refractivity contribution in [2.45, 2.75) is 31.9 Å². The van der Waals surface area contributed by atoms with Gasteiger partial charge in [0.25, 0.3) is 0 Å². The second-order valence-electron chi connectivity index (χ2n) is 6.85. The number of carbonyl (C=O) groups excluding carboxylic acids is 1. The Hall–Kier alpha value is -2.89. The highest BCUT2D eigenvalue weighted by Gasteiger charge is 2.34. The van der Waals surface area contributed by atoms with E-state index in [0.717, 1.165) is 17.1 Å². The molecule has 1 heterocycles. The highest BCUT2D eigenvalue weighted by atomic mass is 16.5. The topological polar surface area (TPSA) is 68.8 Å². The molecule has 0 spiro atoms. The van der Waals surface area contributed by atoms with Gasteiger partial charge in [0.2, 0.25) is 0 Å². The molecule has 0 bridgehead atoms. The minimum atomic E-state index is -0.396. The van der Waals surface area contributed by atoms with Gasteiger partial charge in [-0.3, -0.25) is 0 Å². The number of urea groups is 1. The lowest BCUT2D eigenvalue weighted by atomic mass is 9.89. The normalized spacial score (nSPS) is 17.5. The molecule has 0 saturated heterocycles. The molecule has 138 valence electrons. The van der Waals surface area contributed by atoms with Crippen LogP contribution >= 0.6 is 0 Å². The van der Waals surface area contributed by atoms with Crippen LogP contribution in [0.5, 0.6) is 17.2 Å². The predicted molar refractivity (Wildman–Crippen MR) is 100 cm³/mol. The van der Waals surface area contributed by atoms with Crippen molar-refractivity contribution in [2.24, 2.45) is 0 Å². The van der Waals surface area contributed by atoms with Crippen molar-refractivity contribution >= 4 is 11.7 Å². The maximum absolute atomic E-state index is 12.5. The predicted octanol–water partition coefficient (Wildman–Crippen LogP) is 4.13. The Balaban J connectivity index is 1.77. The third-order valence-corrected chi connectivity index (χ3v) is 4.31. The summed E-state index contributed by atoms with van der Waals surface area (Å²) in [5.41, 5.74) is 1.21. The van der Waals surface area contributed by atoms with Gasteiger partial charge in [0.15, 0.2) is 0 Å². The monoisotopic (exact) mass is 356 g/mol. The summed E-state index contributed by atoms with van der Waals surface area (Å²) in [5.74, 6) is 2.14. The number of rotatable bonds is 4. The molecule has 1 aliphatic rings. The second-order valence-corrected chi connectivity index (χ2v) is 6.85. The smallest absolute Gasteiger partial charge is 0.319 e. The number of nitrogens with one attached hydrogen (secondary N) is 2. The van der Waals surface area contributed by atoms with Crippen LogP contribution in [0.3, 0.4) is 0 Å². The second kappa shape index (κ2) is 7.15. The molecular weight excluding hydrogens is 332 g/mol. The molecule has 2 aromatic rings. The highest BCUT2D eigenvalue weighted by Crippen LogP contribution is 2.41. The molecule has 2 N–H and O–H groups in total. The molecule has 26 heavy (non-hydrogen) atoms. The fourth-order valence-corrected chi connectivity index (χ4v) is 3.11. The largest absolute Gasteiger partial charge is 0.497 e. The van der Waals surface area contributed by atoms with E-state index in [-0.39, 0.29) is 12.1 Å². The van der Waals surface area contributed by atoms with E-state index in [1.54, 1.807) is 20.3 Å². The first-order chi connectivity index (χ1) is 12.4. The van der Waals surface area contributed by atoms with Crippen molar-refractivity contribution < 1.29 is 19.0 Å². The van der Waals surface area contributed by atoms with Gasteiger partial charge >= 0.3 is 6.03 Å². The molecule has 2 amide bonds. The van der Waals surface area contributed by atoms with Crippen molar-refractivity contribution in [1.82, 2.24) is 5.32 Å². The molecule has 6 heteroatoms. The lowest BCUT2D eigenvalue weighted by Gasteiger charge is -2.38. The molecule has 1 atom stereocenters. The van der Waals surface area contributed by atoms with Gasteiger partial charge in [-0.1, -0.05) is 6.07 Å². The summed E-state index contributed by atoms with van der Waals surface area (Å²) in [4.78, 5) is 12.5. The summed E-state index contributed by atoms with van der Waals surface area (Å²) < 4.78 is 16.5. The summed E-state index contributed by atoms with van der Waals surface area (Å²) in [5, 5.41) is 5.89. The molecular formula is C20H24N2O4. The molecule has 0 aromatic heterocycles. The zero-order valence-electron chi connectivity index (χ0n) is 15.5. The van der Waals surface area contributed by atoms with Crippen LogP contribution in [-0.2, 0) is 0 Å². The van der Waals surface area contributed by atoms with Gasteiger partial charge < -0.3 is 24.8 Å². The van der Waals surface area contributed by atoms with Crippen LogP contribution < -0.4 is 24.8 Å². The van der Waals surface area contributed by atoms with Crippen LogP contribution in [0.25, 0.3) is 0 Å². The van der Waals surface area contributed by atoms with E-state index in [1.807, 2.05) is 50.2 Å². The van der Waals surface area contributed by atoms with Crippen molar-refractivity contribution in [3.63, 3.8) is 0 Å². The zero-order valence-corrected chi connectivity index (χ0v) is 15.5. The molecule has 6 nitrogen and oxygen atoms in total. The Bertz CT molecular complexity index is 804. The molecule has 0 radical (unpaired) electrons. The third-order valence-electron chi connectivity index (χ3n) is 4.31. The number of methoxy groups -OCH3 is 2. The van der Waals surface area contributed by atoms with E-state index in [9.17, 15) is 4.79 Å². The summed E-state index contributed by atoms with van der Waals surface area (Å²) in [7, 11) is 3.21. The number of amides is 2. The SMILES string of the molecule is COc1cccc(NC(=O)N[C@@H]2CC(C)(C)Oc3cc(OC)ccc32)c1. The van der Waals surface area contributed by atoms with Gasteiger partial charge in [0.05, 0.1) is 20.3 Å². The minimum Gasteiger partial charge on any atom is -0.497 e. The van der Waals surface area contributed by atoms with Crippen molar-refractivity contribution in [3.05, 3.63) is 48.0 Å². The summed E-state index contributed by atoms with van der Waals surface area (Å²) in [6.07, 6.45) is 0.665. The molecule has 0 saturated carbocycles. The minimum absolute atomic E-state index is 0.162. The number of anilines is 1. The standard InChI is InChI=1S/C20H24N2O4/c1-20(2)12-17(16-9-8-15(25-4)11-18(16)26-20)22-19(23)21-13-6-5-7-14(10-13)24-3/h5-11,17H,12H2,1-4H3,(H2,21,22,23)/t17-/m1/s1. The number of benzene rings is 2. The van der Waals surface area contributed by atoms with Gasteiger partial charge in [0.1, 0.15) is 22.8 Å². The number of carbonyl (C=O) groups is 1. The first-order valence-electron chi connectivity index (χ1n) is 8.49. The third kappa shape index (κ3) is 4.02. The van der Waals surface area contributed by atoms with Crippen molar-refractivity contribution in [3.8, 4) is 17.2 Å². The van der Waals surface area contributed by atoms with E-state index < -0.39 is 5.60 Å². The molecule has 3 rings (SSSR count). The molecule has 1 aliphatic heterocycles. The van der Waals surface area contributed by atoms with Crippen LogP contribution in [0, 0.1) is 0 Å². The van der Waals surface area contributed by atoms with Crippen LogP contribution in [0.15, 0.2) is 42.5 Å². The van der Waals surface area contributed by atoms with Gasteiger partial charge in [-0.05, 0) is 38.1 Å². The summed E-state index contributed by atoms with van der Waals surface area (Å²) >= 11 is 0. The maximum Gasteiger partial charge on any atom is 0.319 e. The summed E-state index contributed by atoms with van der Waals surface area (Å²) in [6.45, 7) is 4.01. The quantitative estimate of drug-likeness (QED) is 0.864. The number of ether oxygens (including phenoxy) is 3. The van der Waals surface area contributed by atoms with E-state index >= 15 is 0 Å². The van der Waals surface area contributed by atoms with E-state index in [2.05, 4.69) is 10.6 Å². The fourth-order valence-electron chi connectivity index (χ4n) is 3.11. The average Bonchev–Trinajstić information content (AvgIpc) is 2.60. The van der Waals surface area contributed by atoms with Gasteiger partial charge in [-0.25, -0.2) is 4.79 Å². The van der Waals surface area contributed by atoms with Crippen molar-refractivity contribution in [2.75, 3.05) is 19.5 Å². The van der Waals surface area contributed by atoms with Crippen LogP contribution in [0.4, 0.5) is 10.5 Å². The van der Waals surface area contributed by atoms with Gasteiger partial charge in [0, 0.05) is 29.8 Å². The molecule has 2 aromatic carbocycles. The lowest BCUT2D eigenvalue weighted by Crippen LogP contribution is -2.42.